The molecule has 1 heterocycles. The van der Waals surface area contributed by atoms with E-state index in [1.807, 2.05) is 6.92 Å². The van der Waals surface area contributed by atoms with Gasteiger partial charge in [-0.1, -0.05) is 38.9 Å². The van der Waals surface area contributed by atoms with E-state index in [0.29, 0.717) is 40.9 Å². The highest BCUT2D eigenvalue weighted by Gasteiger charge is 2.58. The molecule has 2 amide bonds. The van der Waals surface area contributed by atoms with Crippen LogP contribution in [0.3, 0.4) is 0 Å². The van der Waals surface area contributed by atoms with Crippen LogP contribution in [-0.2, 0) is 31.0 Å². The standard InChI is InChI=1S/C37H52N4O6S/c1-21-19-38-33(48-21)39-30(42)13-11-23-17-29(40-46-9)37(8)15-14-24-25(32(23)37)12-10-22-16-28(27(18-26(22)24)35(2,3)4)41(20-31(43)44)34(45)47-36(5,6)7/h16,18-19,23-25,32H,10-15,17,20H2,1-9H3,(H,43,44)(H,38,39,42)/b40-29+/t23-,24?,25?,32?,37-/m1/s1. The van der Waals surface area contributed by atoms with Gasteiger partial charge in [0.05, 0.1) is 11.4 Å². The normalized spacial score (nSPS) is 25.9. The Morgan fingerprint density at radius 3 is 2.50 bits per heavy atom. The number of rotatable bonds is 8. The Bertz CT molecular complexity index is 1590. The van der Waals surface area contributed by atoms with E-state index in [0.717, 1.165) is 54.7 Å². The molecule has 3 aliphatic carbocycles. The molecule has 1 aromatic carbocycles. The molecule has 2 saturated carbocycles. The van der Waals surface area contributed by atoms with Crippen LogP contribution in [0.1, 0.15) is 114 Å². The molecule has 0 bridgehead atoms. The van der Waals surface area contributed by atoms with Gasteiger partial charge in [0.1, 0.15) is 19.3 Å². The van der Waals surface area contributed by atoms with Gasteiger partial charge in [0.15, 0.2) is 5.13 Å². The van der Waals surface area contributed by atoms with Crippen LogP contribution < -0.4 is 10.2 Å². The number of nitrogens with zero attached hydrogens (tertiary/aromatic N) is 3. The number of carboxylic acid groups (broad SMARTS) is 1. The number of hydrogen-bond donors (Lipinski definition) is 2. The first-order valence-corrected chi connectivity index (χ1v) is 18.0. The van der Waals surface area contributed by atoms with Gasteiger partial charge in [-0.3, -0.25) is 14.5 Å². The lowest BCUT2D eigenvalue weighted by atomic mass is 9.53. The van der Waals surface area contributed by atoms with Crippen LogP contribution in [0.2, 0.25) is 0 Å². The molecule has 11 heteroatoms. The minimum absolute atomic E-state index is 0.0113. The number of ether oxygens (including phenoxy) is 1. The molecule has 5 atom stereocenters. The zero-order valence-corrected chi connectivity index (χ0v) is 30.8. The van der Waals surface area contributed by atoms with E-state index < -0.39 is 24.2 Å². The van der Waals surface area contributed by atoms with Crippen molar-refractivity contribution >= 4 is 45.8 Å². The molecule has 3 aliphatic rings. The van der Waals surface area contributed by atoms with Gasteiger partial charge in [0.25, 0.3) is 0 Å². The number of oxime groups is 1. The highest BCUT2D eigenvalue weighted by molar-refractivity contribution is 7.15. The summed E-state index contributed by atoms with van der Waals surface area (Å²) in [7, 11) is 1.61. The lowest BCUT2D eigenvalue weighted by Gasteiger charge is -2.51. The molecule has 10 nitrogen and oxygen atoms in total. The zero-order valence-electron chi connectivity index (χ0n) is 29.9. The Morgan fingerprint density at radius 2 is 1.90 bits per heavy atom. The number of benzene rings is 1. The minimum Gasteiger partial charge on any atom is -0.480 e. The average molecular weight is 681 g/mol. The van der Waals surface area contributed by atoms with Crippen molar-refractivity contribution in [1.82, 2.24) is 4.98 Å². The zero-order chi connectivity index (χ0) is 35.2. The van der Waals surface area contributed by atoms with Crippen molar-refractivity contribution in [2.75, 3.05) is 23.9 Å². The number of thiazole rings is 1. The van der Waals surface area contributed by atoms with Crippen molar-refractivity contribution < 1.29 is 29.1 Å². The van der Waals surface area contributed by atoms with Crippen molar-refractivity contribution in [3.8, 4) is 0 Å². The Morgan fingerprint density at radius 1 is 1.17 bits per heavy atom. The van der Waals surface area contributed by atoms with Crippen LogP contribution in [0.25, 0.3) is 0 Å². The Balaban J connectivity index is 1.48. The third kappa shape index (κ3) is 7.40. The molecule has 0 radical (unpaired) electrons. The van der Waals surface area contributed by atoms with Gasteiger partial charge in [-0.2, -0.15) is 0 Å². The van der Waals surface area contributed by atoms with Gasteiger partial charge in [-0.25, -0.2) is 9.78 Å². The SMILES string of the molecule is CO/N=C1\C[C@@H](CCC(=O)Nc2ncc(C)s2)C2C3CCc4cc(N(CC(=O)O)C(=O)OC(C)(C)C)c(C(C)(C)C)cc4C3CC[C@]12C. The monoisotopic (exact) mass is 680 g/mol. The van der Waals surface area contributed by atoms with E-state index >= 15 is 0 Å². The predicted molar refractivity (Wildman–Crippen MR) is 189 cm³/mol. The minimum atomic E-state index is -1.10. The summed E-state index contributed by atoms with van der Waals surface area (Å²) < 4.78 is 5.70. The summed E-state index contributed by atoms with van der Waals surface area (Å²) in [5.41, 5.74) is 3.87. The van der Waals surface area contributed by atoms with Gasteiger partial charge in [-0.15, -0.1) is 11.3 Å². The number of aliphatic carboxylic acids is 1. The number of carboxylic acids is 1. The van der Waals surface area contributed by atoms with Crippen LogP contribution >= 0.6 is 11.3 Å². The number of hydrogen-bond acceptors (Lipinski definition) is 8. The number of carbonyl (C=O) groups is 3. The van der Waals surface area contributed by atoms with E-state index in [-0.39, 0.29) is 16.7 Å². The van der Waals surface area contributed by atoms with Crippen molar-refractivity contribution in [2.24, 2.45) is 28.3 Å². The maximum atomic E-state index is 13.5. The fourth-order valence-corrected chi connectivity index (χ4v) is 9.32. The first-order valence-electron chi connectivity index (χ1n) is 17.1. The van der Waals surface area contributed by atoms with Gasteiger partial charge >= 0.3 is 12.1 Å². The van der Waals surface area contributed by atoms with Gasteiger partial charge < -0.3 is 20.0 Å². The number of aryl methyl sites for hydroxylation is 2. The number of nitrogens with one attached hydrogen (secondary N) is 1. The van der Waals surface area contributed by atoms with E-state index in [2.05, 4.69) is 55.3 Å². The fraction of sp³-hybridized carbons (Fsp3) is 0.649. The van der Waals surface area contributed by atoms with Crippen LogP contribution in [0.4, 0.5) is 15.6 Å². The van der Waals surface area contributed by atoms with Gasteiger partial charge in [-0.05, 0) is 118 Å². The lowest BCUT2D eigenvalue weighted by Crippen LogP contribution is -2.45. The molecule has 0 aliphatic heterocycles. The topological polar surface area (TPSA) is 130 Å². The first-order chi connectivity index (χ1) is 22.4. The maximum Gasteiger partial charge on any atom is 0.415 e. The highest BCUT2D eigenvalue weighted by atomic mass is 32.1. The molecule has 2 fully saturated rings. The number of aromatic nitrogens is 1. The second-order valence-electron chi connectivity index (χ2n) is 16.1. The smallest absolute Gasteiger partial charge is 0.415 e. The Kier molecular flexibility index (Phi) is 10.0. The number of carbonyl (C=O) groups excluding carboxylic acids is 2. The van der Waals surface area contributed by atoms with E-state index in [4.69, 9.17) is 9.57 Å². The maximum absolute atomic E-state index is 13.5. The quantitative estimate of drug-likeness (QED) is 0.270. The van der Waals surface area contributed by atoms with Crippen molar-refractivity contribution in [3.63, 3.8) is 0 Å². The summed E-state index contributed by atoms with van der Waals surface area (Å²) in [6.45, 7) is 15.5. The molecular formula is C37H52N4O6S. The molecule has 1 aromatic heterocycles. The fourth-order valence-electron chi connectivity index (χ4n) is 8.64. The molecular weight excluding hydrogens is 628 g/mol. The molecule has 5 rings (SSSR count). The predicted octanol–water partition coefficient (Wildman–Crippen LogP) is 8.08. The van der Waals surface area contributed by atoms with Crippen molar-refractivity contribution in [1.29, 1.82) is 0 Å². The number of anilines is 2. The molecule has 262 valence electrons. The van der Waals surface area contributed by atoms with Crippen molar-refractivity contribution in [2.45, 2.75) is 117 Å². The second kappa shape index (κ2) is 13.4. The molecule has 48 heavy (non-hydrogen) atoms. The highest BCUT2D eigenvalue weighted by Crippen LogP contribution is 2.63. The van der Waals surface area contributed by atoms with E-state index in [1.165, 1.54) is 27.4 Å². The molecule has 3 unspecified atom stereocenters. The molecule has 0 spiro atoms. The van der Waals surface area contributed by atoms with Crippen LogP contribution in [0.15, 0.2) is 23.5 Å². The average Bonchev–Trinajstić information content (AvgIpc) is 3.51. The molecule has 2 aromatic rings. The van der Waals surface area contributed by atoms with E-state index in [9.17, 15) is 19.5 Å². The van der Waals surface area contributed by atoms with Crippen LogP contribution in [0.5, 0.6) is 0 Å². The number of amides is 2. The van der Waals surface area contributed by atoms with Gasteiger partial charge in [0.2, 0.25) is 5.91 Å². The summed E-state index contributed by atoms with van der Waals surface area (Å²) in [6, 6.07) is 4.31. The molecule has 0 saturated heterocycles. The third-order valence-corrected chi connectivity index (χ3v) is 11.4. The summed E-state index contributed by atoms with van der Waals surface area (Å²) >= 11 is 1.48. The lowest BCUT2D eigenvalue weighted by molar-refractivity contribution is -0.135. The summed E-state index contributed by atoms with van der Waals surface area (Å²) in [6.07, 6.45) is 6.88. The first kappa shape index (κ1) is 35.8. The van der Waals surface area contributed by atoms with Crippen LogP contribution in [-0.4, -0.2) is 53.0 Å². The molecule has 2 N–H and O–H groups in total. The Hall–Kier alpha value is -3.47. The summed E-state index contributed by atoms with van der Waals surface area (Å²) in [5.74, 6) is 0.241. The summed E-state index contributed by atoms with van der Waals surface area (Å²) in [5, 5.41) is 18.0. The second-order valence-corrected chi connectivity index (χ2v) is 17.4. The number of fused-ring (bicyclic) bond motifs is 5. The van der Waals surface area contributed by atoms with E-state index in [1.54, 1.807) is 34.1 Å². The third-order valence-electron chi connectivity index (χ3n) is 10.5. The van der Waals surface area contributed by atoms with Crippen LogP contribution in [0, 0.1) is 30.1 Å². The largest absolute Gasteiger partial charge is 0.480 e. The summed E-state index contributed by atoms with van der Waals surface area (Å²) in [4.78, 5) is 50.5. The van der Waals surface area contributed by atoms with Crippen molar-refractivity contribution in [3.05, 3.63) is 39.9 Å². The Labute approximate surface area is 288 Å². The van der Waals surface area contributed by atoms with Gasteiger partial charge in [0, 0.05) is 22.9 Å².